The van der Waals surface area contributed by atoms with Gasteiger partial charge in [-0.1, -0.05) is 24.6 Å². The molecule has 1 aromatic heterocycles. The van der Waals surface area contributed by atoms with Gasteiger partial charge >= 0.3 is 0 Å². The van der Waals surface area contributed by atoms with E-state index in [0.717, 1.165) is 22.7 Å². The van der Waals surface area contributed by atoms with E-state index in [-0.39, 0.29) is 0 Å². The summed E-state index contributed by atoms with van der Waals surface area (Å²) in [5.74, 6) is 3.00. The minimum Gasteiger partial charge on any atom is -0.324 e. The lowest BCUT2D eigenvalue weighted by Crippen LogP contribution is -2.05. The average Bonchev–Trinajstić information content (AvgIpc) is 2.93. The zero-order valence-corrected chi connectivity index (χ0v) is 9.26. The van der Waals surface area contributed by atoms with E-state index >= 15 is 0 Å². The van der Waals surface area contributed by atoms with Crippen molar-refractivity contribution in [3.8, 4) is 0 Å². The zero-order chi connectivity index (χ0) is 9.97. The van der Waals surface area contributed by atoms with E-state index in [1.54, 1.807) is 11.8 Å². The van der Waals surface area contributed by atoms with Crippen LogP contribution in [0.25, 0.3) is 0 Å². The second kappa shape index (κ2) is 4.31. The molecule has 0 atom stereocenters. The molecule has 0 amide bonds. The van der Waals surface area contributed by atoms with Gasteiger partial charge in [0.2, 0.25) is 0 Å². The summed E-state index contributed by atoms with van der Waals surface area (Å²) in [6, 6.07) is 0. The van der Waals surface area contributed by atoms with Gasteiger partial charge in [-0.2, -0.15) is 0 Å². The maximum atomic E-state index is 5.52. The molecule has 14 heavy (non-hydrogen) atoms. The predicted molar refractivity (Wildman–Crippen MR) is 57.0 cm³/mol. The number of nitrogens with two attached hydrogens (primary N) is 1. The highest BCUT2D eigenvalue weighted by atomic mass is 32.2. The second-order valence-electron chi connectivity index (χ2n) is 3.74. The van der Waals surface area contributed by atoms with Crippen molar-refractivity contribution in [1.82, 2.24) is 14.8 Å². The van der Waals surface area contributed by atoms with Gasteiger partial charge in [0, 0.05) is 12.8 Å². The van der Waals surface area contributed by atoms with Crippen molar-refractivity contribution in [3.05, 3.63) is 5.82 Å². The Balaban J connectivity index is 1.84. The first kappa shape index (κ1) is 9.98. The molecule has 4 nitrogen and oxygen atoms in total. The molecule has 2 N–H and O–H groups in total. The first-order valence-corrected chi connectivity index (χ1v) is 6.01. The van der Waals surface area contributed by atoms with Gasteiger partial charge in [-0.05, 0) is 12.3 Å². The third-order valence-electron chi connectivity index (χ3n) is 2.56. The standard InChI is InChI=1S/C9H16N4S/c1-13-8(6-10)11-12-9(13)14-5-4-7-2-3-7/h7H,2-6,10H2,1H3. The van der Waals surface area contributed by atoms with Gasteiger partial charge < -0.3 is 10.3 Å². The molecule has 1 fully saturated rings. The molecule has 0 bridgehead atoms. The van der Waals surface area contributed by atoms with Gasteiger partial charge in [0.15, 0.2) is 5.16 Å². The van der Waals surface area contributed by atoms with Crippen LogP contribution in [-0.2, 0) is 13.6 Å². The van der Waals surface area contributed by atoms with Crippen molar-refractivity contribution in [2.45, 2.75) is 31.0 Å². The van der Waals surface area contributed by atoms with Crippen molar-refractivity contribution >= 4 is 11.8 Å². The van der Waals surface area contributed by atoms with Crippen LogP contribution in [-0.4, -0.2) is 20.5 Å². The average molecular weight is 212 g/mol. The lowest BCUT2D eigenvalue weighted by molar-refractivity contribution is 0.731. The van der Waals surface area contributed by atoms with E-state index in [0.29, 0.717) is 6.54 Å². The Morgan fingerprint density at radius 2 is 2.29 bits per heavy atom. The fraction of sp³-hybridized carbons (Fsp3) is 0.778. The van der Waals surface area contributed by atoms with Gasteiger partial charge in [-0.25, -0.2) is 0 Å². The SMILES string of the molecule is Cn1c(CN)nnc1SCCC1CC1. The van der Waals surface area contributed by atoms with E-state index in [1.807, 2.05) is 11.6 Å². The number of hydrogen-bond acceptors (Lipinski definition) is 4. The van der Waals surface area contributed by atoms with Crippen molar-refractivity contribution < 1.29 is 0 Å². The summed E-state index contributed by atoms with van der Waals surface area (Å²) >= 11 is 1.79. The monoisotopic (exact) mass is 212 g/mol. The molecule has 2 rings (SSSR count). The minimum absolute atomic E-state index is 0.465. The summed E-state index contributed by atoms with van der Waals surface area (Å²) in [6.07, 6.45) is 4.16. The minimum atomic E-state index is 0.465. The molecule has 0 unspecified atom stereocenters. The Morgan fingerprint density at radius 1 is 1.50 bits per heavy atom. The van der Waals surface area contributed by atoms with Gasteiger partial charge in [-0.3, -0.25) is 0 Å². The highest BCUT2D eigenvalue weighted by Crippen LogP contribution is 2.34. The van der Waals surface area contributed by atoms with Crippen molar-refractivity contribution in [3.63, 3.8) is 0 Å². The Labute approximate surface area is 88.3 Å². The first-order valence-electron chi connectivity index (χ1n) is 5.02. The fourth-order valence-corrected chi connectivity index (χ4v) is 2.40. The third kappa shape index (κ3) is 2.27. The molecule has 0 aliphatic heterocycles. The number of hydrogen-bond donors (Lipinski definition) is 1. The third-order valence-corrected chi connectivity index (χ3v) is 3.62. The van der Waals surface area contributed by atoms with Crippen LogP contribution in [0.4, 0.5) is 0 Å². The van der Waals surface area contributed by atoms with E-state index in [4.69, 9.17) is 5.73 Å². The summed E-state index contributed by atoms with van der Waals surface area (Å²) in [7, 11) is 1.97. The van der Waals surface area contributed by atoms with E-state index < -0.39 is 0 Å². The largest absolute Gasteiger partial charge is 0.324 e. The number of thioether (sulfide) groups is 1. The lowest BCUT2D eigenvalue weighted by Gasteiger charge is -2.01. The van der Waals surface area contributed by atoms with E-state index in [9.17, 15) is 0 Å². The normalized spacial score (nSPS) is 16.1. The summed E-state index contributed by atoms with van der Waals surface area (Å²) in [5, 5.41) is 9.11. The van der Waals surface area contributed by atoms with E-state index in [1.165, 1.54) is 19.3 Å². The fourth-order valence-electron chi connectivity index (χ4n) is 1.37. The Hall–Kier alpha value is -0.550. The number of nitrogens with zero attached hydrogens (tertiary/aromatic N) is 3. The Morgan fingerprint density at radius 3 is 2.86 bits per heavy atom. The Bertz CT molecular complexity index is 306. The molecule has 1 aliphatic rings. The van der Waals surface area contributed by atoms with Crippen LogP contribution < -0.4 is 5.73 Å². The summed E-state index contributed by atoms with van der Waals surface area (Å²) in [4.78, 5) is 0. The molecule has 78 valence electrons. The summed E-state index contributed by atoms with van der Waals surface area (Å²) in [5.41, 5.74) is 5.52. The van der Waals surface area contributed by atoms with Crippen molar-refractivity contribution in [1.29, 1.82) is 0 Å². The molecule has 0 aromatic carbocycles. The molecule has 1 aliphatic carbocycles. The van der Waals surface area contributed by atoms with Crippen LogP contribution in [0.1, 0.15) is 25.1 Å². The molecule has 0 saturated heterocycles. The summed E-state index contributed by atoms with van der Waals surface area (Å²) in [6.45, 7) is 0.465. The van der Waals surface area contributed by atoms with E-state index in [2.05, 4.69) is 10.2 Å². The molecule has 1 heterocycles. The van der Waals surface area contributed by atoms with Crippen LogP contribution in [0, 0.1) is 5.92 Å². The molecular weight excluding hydrogens is 196 g/mol. The van der Waals surface area contributed by atoms with Crippen LogP contribution in [0.5, 0.6) is 0 Å². The summed E-state index contributed by atoms with van der Waals surface area (Å²) < 4.78 is 1.98. The topological polar surface area (TPSA) is 56.7 Å². The highest BCUT2D eigenvalue weighted by Gasteiger charge is 2.20. The van der Waals surface area contributed by atoms with Crippen LogP contribution >= 0.6 is 11.8 Å². The predicted octanol–water partition coefficient (Wildman–Crippen LogP) is 1.17. The number of rotatable bonds is 5. The van der Waals surface area contributed by atoms with Gasteiger partial charge in [0.1, 0.15) is 5.82 Å². The van der Waals surface area contributed by atoms with Crippen molar-refractivity contribution in [2.24, 2.45) is 18.7 Å². The van der Waals surface area contributed by atoms with Crippen LogP contribution in [0.3, 0.4) is 0 Å². The smallest absolute Gasteiger partial charge is 0.190 e. The number of aromatic nitrogens is 3. The first-order chi connectivity index (χ1) is 6.81. The zero-order valence-electron chi connectivity index (χ0n) is 8.44. The molecule has 1 aromatic rings. The molecule has 1 saturated carbocycles. The van der Waals surface area contributed by atoms with Crippen molar-refractivity contribution in [2.75, 3.05) is 5.75 Å². The quantitative estimate of drug-likeness (QED) is 0.744. The lowest BCUT2D eigenvalue weighted by atomic mass is 10.3. The molecule has 5 heteroatoms. The van der Waals surface area contributed by atoms with Gasteiger partial charge in [-0.15, -0.1) is 10.2 Å². The van der Waals surface area contributed by atoms with Gasteiger partial charge in [0.05, 0.1) is 6.54 Å². The van der Waals surface area contributed by atoms with Crippen LogP contribution in [0.2, 0.25) is 0 Å². The molecule has 0 spiro atoms. The molecular formula is C9H16N4S. The Kier molecular flexibility index (Phi) is 3.08. The molecule has 0 radical (unpaired) electrons. The maximum Gasteiger partial charge on any atom is 0.190 e. The second-order valence-corrected chi connectivity index (χ2v) is 4.80. The maximum absolute atomic E-state index is 5.52. The highest BCUT2D eigenvalue weighted by molar-refractivity contribution is 7.99. The van der Waals surface area contributed by atoms with Gasteiger partial charge in [0.25, 0.3) is 0 Å². The van der Waals surface area contributed by atoms with Crippen LogP contribution in [0.15, 0.2) is 5.16 Å².